The van der Waals surface area contributed by atoms with Crippen molar-refractivity contribution in [2.75, 3.05) is 6.54 Å². The number of pyridine rings is 1. The molecule has 2 aromatic rings. The fourth-order valence-electron chi connectivity index (χ4n) is 7.03. The van der Waals surface area contributed by atoms with Crippen molar-refractivity contribution in [3.05, 3.63) is 58.4 Å². The smallest absolute Gasteiger partial charge is 0.228 e. The Bertz CT molecular complexity index is 1190. The van der Waals surface area contributed by atoms with Crippen molar-refractivity contribution < 1.29 is 4.79 Å². The van der Waals surface area contributed by atoms with E-state index in [4.69, 9.17) is 4.98 Å². The molecular formula is C32H40N2O. The zero-order valence-electron chi connectivity index (χ0n) is 22.0. The zero-order valence-corrected chi connectivity index (χ0v) is 22.0. The molecule has 1 aromatic heterocycles. The number of rotatable bonds is 2. The van der Waals surface area contributed by atoms with E-state index >= 15 is 0 Å². The number of benzene rings is 1. The lowest BCUT2D eigenvalue weighted by Crippen LogP contribution is -2.42. The third kappa shape index (κ3) is 4.15. The second-order valence-electron chi connectivity index (χ2n) is 12.7. The van der Waals surface area contributed by atoms with E-state index < -0.39 is 0 Å². The topological polar surface area (TPSA) is 33.2 Å². The van der Waals surface area contributed by atoms with Gasteiger partial charge >= 0.3 is 0 Å². The summed E-state index contributed by atoms with van der Waals surface area (Å²) in [4.78, 5) is 20.2. The van der Waals surface area contributed by atoms with Crippen LogP contribution >= 0.6 is 0 Å². The van der Waals surface area contributed by atoms with E-state index in [1.54, 1.807) is 5.56 Å². The molecule has 2 fully saturated rings. The summed E-state index contributed by atoms with van der Waals surface area (Å²) in [7, 11) is 0. The van der Waals surface area contributed by atoms with E-state index in [0.717, 1.165) is 37.8 Å². The van der Waals surface area contributed by atoms with Crippen LogP contribution in [0.15, 0.2) is 30.5 Å². The SMILES string of the molecule is CC1=CC2CC[C@@H]2Cc2ncc(-c3cc4c(c(C5CCCC5)c3)CCN(C(=O)C(C)(C)C)C4)cc21. The maximum atomic E-state index is 13.1. The molecule has 0 radical (unpaired) electrons. The maximum Gasteiger partial charge on any atom is 0.228 e. The molecule has 3 aliphatic carbocycles. The van der Waals surface area contributed by atoms with Crippen LogP contribution in [0.25, 0.3) is 16.7 Å². The molecule has 2 atom stereocenters. The molecule has 2 heterocycles. The van der Waals surface area contributed by atoms with Crippen molar-refractivity contribution in [2.45, 2.75) is 91.5 Å². The average molecular weight is 469 g/mol. The summed E-state index contributed by atoms with van der Waals surface area (Å²) in [5.74, 6) is 2.46. The Morgan fingerprint density at radius 1 is 1.03 bits per heavy atom. The van der Waals surface area contributed by atoms with Crippen molar-refractivity contribution in [3.63, 3.8) is 0 Å². The third-order valence-corrected chi connectivity index (χ3v) is 9.22. The summed E-state index contributed by atoms with van der Waals surface area (Å²) >= 11 is 0. The summed E-state index contributed by atoms with van der Waals surface area (Å²) in [6, 6.07) is 7.26. The molecule has 184 valence electrons. The van der Waals surface area contributed by atoms with Gasteiger partial charge in [-0.05, 0) is 109 Å². The molecule has 0 bridgehead atoms. The molecule has 1 aliphatic heterocycles. The first kappa shape index (κ1) is 23.0. The van der Waals surface area contributed by atoms with Crippen LogP contribution in [0.2, 0.25) is 0 Å². The van der Waals surface area contributed by atoms with Crippen LogP contribution in [0.3, 0.4) is 0 Å². The number of hydrogen-bond acceptors (Lipinski definition) is 2. The number of allylic oxidation sites excluding steroid dienone is 2. The first-order valence-corrected chi connectivity index (χ1v) is 13.9. The van der Waals surface area contributed by atoms with E-state index in [1.807, 2.05) is 20.8 Å². The van der Waals surface area contributed by atoms with Gasteiger partial charge in [0.25, 0.3) is 0 Å². The lowest BCUT2D eigenvalue weighted by atomic mass is 9.72. The molecule has 1 amide bonds. The predicted molar refractivity (Wildman–Crippen MR) is 143 cm³/mol. The van der Waals surface area contributed by atoms with E-state index in [0.29, 0.717) is 5.92 Å². The monoisotopic (exact) mass is 468 g/mol. The highest BCUT2D eigenvalue weighted by molar-refractivity contribution is 5.82. The Balaban J connectivity index is 1.41. The van der Waals surface area contributed by atoms with Gasteiger partial charge < -0.3 is 4.90 Å². The van der Waals surface area contributed by atoms with Crippen molar-refractivity contribution in [3.8, 4) is 11.1 Å². The van der Waals surface area contributed by atoms with E-state index in [1.165, 1.54) is 77.6 Å². The summed E-state index contributed by atoms with van der Waals surface area (Å²) in [6.45, 7) is 9.96. The molecule has 3 heteroatoms. The Hall–Kier alpha value is -2.42. The largest absolute Gasteiger partial charge is 0.338 e. The fraction of sp³-hybridized carbons (Fsp3) is 0.562. The number of hydrogen-bond donors (Lipinski definition) is 0. The van der Waals surface area contributed by atoms with Crippen molar-refractivity contribution in [1.82, 2.24) is 9.88 Å². The Kier molecular flexibility index (Phi) is 5.66. The van der Waals surface area contributed by atoms with Crippen LogP contribution < -0.4 is 0 Å². The normalized spacial score (nSPS) is 24.1. The Morgan fingerprint density at radius 2 is 1.83 bits per heavy atom. The van der Waals surface area contributed by atoms with Gasteiger partial charge in [0.1, 0.15) is 0 Å². The molecule has 4 aliphatic rings. The van der Waals surface area contributed by atoms with Gasteiger partial charge in [-0.25, -0.2) is 0 Å². The minimum absolute atomic E-state index is 0.262. The van der Waals surface area contributed by atoms with Gasteiger partial charge in [0.2, 0.25) is 5.91 Å². The quantitative estimate of drug-likeness (QED) is 0.462. The van der Waals surface area contributed by atoms with Crippen LogP contribution in [-0.2, 0) is 24.2 Å². The molecular weight excluding hydrogens is 428 g/mol. The molecule has 2 saturated carbocycles. The second kappa shape index (κ2) is 8.61. The Morgan fingerprint density at radius 3 is 2.54 bits per heavy atom. The standard InChI is InChI=1S/C32H40N2O/c1-20-13-22-9-10-23(22)17-30-28(20)16-25(18-33-30)24-14-26-19-34(31(35)32(2,3)4)12-11-27(26)29(15-24)21-7-5-6-8-21/h13-16,18,21-23H,5-12,17,19H2,1-4H3/t22?,23-/m1/s1. The number of carbonyl (C=O) groups excluding carboxylic acids is 1. The van der Waals surface area contributed by atoms with Gasteiger partial charge in [0, 0.05) is 36.0 Å². The minimum Gasteiger partial charge on any atom is -0.338 e. The van der Waals surface area contributed by atoms with Gasteiger partial charge in [-0.15, -0.1) is 0 Å². The molecule has 6 rings (SSSR count). The highest BCUT2D eigenvalue weighted by Crippen LogP contribution is 2.44. The van der Waals surface area contributed by atoms with Crippen LogP contribution in [0.1, 0.15) is 100 Å². The Labute approximate surface area is 211 Å². The molecule has 3 nitrogen and oxygen atoms in total. The second-order valence-corrected chi connectivity index (χ2v) is 12.7. The summed E-state index contributed by atoms with van der Waals surface area (Å²) < 4.78 is 0. The molecule has 1 aromatic carbocycles. The number of fused-ring (bicyclic) bond motifs is 3. The van der Waals surface area contributed by atoms with Gasteiger partial charge in [-0.3, -0.25) is 9.78 Å². The summed E-state index contributed by atoms with van der Waals surface area (Å²) in [5, 5.41) is 0. The van der Waals surface area contributed by atoms with Crippen LogP contribution in [0.4, 0.5) is 0 Å². The van der Waals surface area contributed by atoms with Gasteiger partial charge in [-0.1, -0.05) is 45.8 Å². The van der Waals surface area contributed by atoms with Gasteiger partial charge in [-0.2, -0.15) is 0 Å². The zero-order chi connectivity index (χ0) is 24.3. The van der Waals surface area contributed by atoms with E-state index in [-0.39, 0.29) is 11.3 Å². The first-order chi connectivity index (χ1) is 16.8. The first-order valence-electron chi connectivity index (χ1n) is 13.9. The molecule has 1 unspecified atom stereocenters. The molecule has 0 spiro atoms. The van der Waals surface area contributed by atoms with Crippen LogP contribution in [-0.4, -0.2) is 22.3 Å². The van der Waals surface area contributed by atoms with Crippen molar-refractivity contribution in [1.29, 1.82) is 0 Å². The van der Waals surface area contributed by atoms with E-state index in [9.17, 15) is 4.79 Å². The molecule has 0 saturated heterocycles. The number of carbonyl (C=O) groups is 1. The highest BCUT2D eigenvalue weighted by Gasteiger charge is 2.34. The van der Waals surface area contributed by atoms with Gasteiger partial charge in [0.15, 0.2) is 0 Å². The van der Waals surface area contributed by atoms with E-state index in [2.05, 4.69) is 42.3 Å². The summed E-state index contributed by atoms with van der Waals surface area (Å²) in [6.07, 6.45) is 14.7. The highest BCUT2D eigenvalue weighted by atomic mass is 16.2. The van der Waals surface area contributed by atoms with Crippen LogP contribution in [0.5, 0.6) is 0 Å². The number of aromatic nitrogens is 1. The number of amides is 1. The lowest BCUT2D eigenvalue weighted by molar-refractivity contribution is -0.140. The number of nitrogens with zero attached hydrogens (tertiary/aromatic N) is 2. The van der Waals surface area contributed by atoms with Gasteiger partial charge in [0.05, 0.1) is 0 Å². The maximum absolute atomic E-state index is 13.1. The van der Waals surface area contributed by atoms with Crippen molar-refractivity contribution >= 4 is 11.5 Å². The average Bonchev–Trinajstić information content (AvgIpc) is 3.35. The minimum atomic E-state index is -0.340. The predicted octanol–water partition coefficient (Wildman–Crippen LogP) is 7.32. The molecule has 35 heavy (non-hydrogen) atoms. The molecule has 0 N–H and O–H groups in total. The fourth-order valence-corrected chi connectivity index (χ4v) is 7.03. The van der Waals surface area contributed by atoms with Crippen molar-refractivity contribution in [2.24, 2.45) is 17.3 Å². The third-order valence-electron chi connectivity index (χ3n) is 9.22. The van der Waals surface area contributed by atoms with Crippen LogP contribution in [0, 0.1) is 17.3 Å². The lowest BCUT2D eigenvalue weighted by Gasteiger charge is -2.35. The summed E-state index contributed by atoms with van der Waals surface area (Å²) in [5.41, 5.74) is 10.6.